The maximum atomic E-state index is 5.85. The summed E-state index contributed by atoms with van der Waals surface area (Å²) < 4.78 is 0. The fraction of sp³-hybridized carbons (Fsp3) is 0.571. The standard InChI is InChI=1S/C14H22N2.ClH/c1-11-3-5-12(6-4-11)10-16(2)14(9-15)13-7-8-13;/h3-6,13-14H,7-10,15H2,1-2H3;1H. The molecule has 3 heteroatoms. The molecule has 96 valence electrons. The van der Waals surface area contributed by atoms with E-state index in [0.717, 1.165) is 19.0 Å². The molecule has 0 aliphatic heterocycles. The lowest BCUT2D eigenvalue weighted by Gasteiger charge is -2.27. The second-order valence-electron chi connectivity index (χ2n) is 5.04. The van der Waals surface area contributed by atoms with Crippen molar-refractivity contribution >= 4 is 12.4 Å². The number of hydrogen-bond donors (Lipinski definition) is 1. The zero-order valence-corrected chi connectivity index (χ0v) is 11.5. The van der Waals surface area contributed by atoms with Gasteiger partial charge in [-0.1, -0.05) is 29.8 Å². The van der Waals surface area contributed by atoms with E-state index in [1.165, 1.54) is 24.0 Å². The van der Waals surface area contributed by atoms with E-state index in [9.17, 15) is 0 Å². The molecule has 1 atom stereocenters. The quantitative estimate of drug-likeness (QED) is 0.875. The zero-order chi connectivity index (χ0) is 11.5. The summed E-state index contributed by atoms with van der Waals surface area (Å²) in [6.45, 7) is 3.92. The van der Waals surface area contributed by atoms with Gasteiger partial charge < -0.3 is 5.73 Å². The Kier molecular flexibility index (Phi) is 5.44. The van der Waals surface area contributed by atoms with Crippen LogP contribution in [0, 0.1) is 12.8 Å². The molecule has 1 aliphatic rings. The van der Waals surface area contributed by atoms with Gasteiger partial charge in [-0.2, -0.15) is 0 Å². The topological polar surface area (TPSA) is 29.3 Å². The molecule has 0 amide bonds. The van der Waals surface area contributed by atoms with Crippen LogP contribution in [-0.4, -0.2) is 24.5 Å². The Labute approximate surface area is 111 Å². The highest BCUT2D eigenvalue weighted by Gasteiger charge is 2.32. The lowest BCUT2D eigenvalue weighted by molar-refractivity contribution is 0.215. The Hall–Kier alpha value is -0.570. The molecular weight excluding hydrogens is 232 g/mol. The first kappa shape index (κ1) is 14.5. The summed E-state index contributed by atoms with van der Waals surface area (Å²) in [4.78, 5) is 2.41. The minimum absolute atomic E-state index is 0. The van der Waals surface area contributed by atoms with E-state index in [-0.39, 0.29) is 12.4 Å². The van der Waals surface area contributed by atoms with Crippen LogP contribution in [0.1, 0.15) is 24.0 Å². The number of benzene rings is 1. The van der Waals surface area contributed by atoms with E-state index in [0.29, 0.717) is 6.04 Å². The van der Waals surface area contributed by atoms with Crippen LogP contribution < -0.4 is 5.73 Å². The van der Waals surface area contributed by atoms with Crippen molar-refractivity contribution in [2.45, 2.75) is 32.4 Å². The number of aryl methyl sites for hydroxylation is 1. The van der Waals surface area contributed by atoms with Gasteiger partial charge in [0.25, 0.3) is 0 Å². The first-order valence-electron chi connectivity index (χ1n) is 6.16. The molecule has 0 aromatic heterocycles. The number of halogens is 1. The van der Waals surface area contributed by atoms with E-state index < -0.39 is 0 Å². The fourth-order valence-corrected chi connectivity index (χ4v) is 2.31. The molecule has 1 fully saturated rings. The maximum Gasteiger partial charge on any atom is 0.0247 e. The Morgan fingerprint density at radius 2 is 1.88 bits per heavy atom. The summed E-state index contributed by atoms with van der Waals surface area (Å²) in [5, 5.41) is 0. The fourth-order valence-electron chi connectivity index (χ4n) is 2.31. The predicted molar refractivity (Wildman–Crippen MR) is 75.5 cm³/mol. The van der Waals surface area contributed by atoms with E-state index in [2.05, 4.69) is 43.1 Å². The average molecular weight is 255 g/mol. The molecule has 0 radical (unpaired) electrons. The highest BCUT2D eigenvalue weighted by Crippen LogP contribution is 2.34. The summed E-state index contributed by atoms with van der Waals surface area (Å²) in [6.07, 6.45) is 2.72. The van der Waals surface area contributed by atoms with E-state index in [4.69, 9.17) is 5.73 Å². The molecule has 0 spiro atoms. The van der Waals surface area contributed by atoms with Gasteiger partial charge in [0, 0.05) is 19.1 Å². The lowest BCUT2D eigenvalue weighted by Crippen LogP contribution is -2.39. The number of hydrogen-bond acceptors (Lipinski definition) is 2. The third-order valence-corrected chi connectivity index (χ3v) is 3.53. The van der Waals surface area contributed by atoms with Gasteiger partial charge in [-0.15, -0.1) is 12.4 Å². The van der Waals surface area contributed by atoms with Gasteiger partial charge in [0.05, 0.1) is 0 Å². The Morgan fingerprint density at radius 1 is 1.29 bits per heavy atom. The summed E-state index contributed by atoms with van der Waals surface area (Å²) in [6, 6.07) is 9.36. The predicted octanol–water partition coefficient (Wildman–Crippen LogP) is 2.59. The second kappa shape index (κ2) is 6.39. The van der Waals surface area contributed by atoms with E-state index in [1.54, 1.807) is 0 Å². The maximum absolute atomic E-state index is 5.85. The van der Waals surface area contributed by atoms with Crippen molar-refractivity contribution in [2.75, 3.05) is 13.6 Å². The van der Waals surface area contributed by atoms with Crippen LogP contribution in [0.5, 0.6) is 0 Å². The molecule has 0 bridgehead atoms. The zero-order valence-electron chi connectivity index (χ0n) is 10.7. The molecule has 2 N–H and O–H groups in total. The summed E-state index contributed by atoms with van der Waals surface area (Å²) in [5.74, 6) is 0.848. The van der Waals surface area contributed by atoms with Crippen molar-refractivity contribution in [3.8, 4) is 0 Å². The van der Waals surface area contributed by atoms with Gasteiger partial charge in [-0.05, 0) is 38.3 Å². The third kappa shape index (κ3) is 3.98. The SMILES string of the molecule is Cc1ccc(CN(C)C(CN)C2CC2)cc1.Cl. The second-order valence-corrected chi connectivity index (χ2v) is 5.04. The summed E-state index contributed by atoms with van der Waals surface area (Å²) >= 11 is 0. The molecule has 1 aromatic carbocycles. The Balaban J connectivity index is 0.00000144. The van der Waals surface area contributed by atoms with Crippen molar-refractivity contribution in [1.82, 2.24) is 4.90 Å². The normalized spacial score (nSPS) is 16.7. The van der Waals surface area contributed by atoms with Crippen LogP contribution in [0.25, 0.3) is 0 Å². The van der Waals surface area contributed by atoms with E-state index in [1.807, 2.05) is 0 Å². The third-order valence-electron chi connectivity index (χ3n) is 3.53. The van der Waals surface area contributed by atoms with Crippen molar-refractivity contribution in [2.24, 2.45) is 11.7 Å². The molecule has 1 unspecified atom stereocenters. The Morgan fingerprint density at radius 3 is 2.35 bits per heavy atom. The molecular formula is C14H23ClN2. The molecule has 2 nitrogen and oxygen atoms in total. The highest BCUT2D eigenvalue weighted by atomic mass is 35.5. The van der Waals surface area contributed by atoms with Crippen LogP contribution in [0.4, 0.5) is 0 Å². The van der Waals surface area contributed by atoms with Gasteiger partial charge in [0.2, 0.25) is 0 Å². The number of likely N-dealkylation sites (N-methyl/N-ethyl adjacent to an activating group) is 1. The lowest BCUT2D eigenvalue weighted by atomic mass is 10.1. The average Bonchev–Trinajstić information content (AvgIpc) is 3.07. The smallest absolute Gasteiger partial charge is 0.0247 e. The molecule has 2 rings (SSSR count). The molecule has 17 heavy (non-hydrogen) atoms. The van der Waals surface area contributed by atoms with Crippen molar-refractivity contribution in [3.63, 3.8) is 0 Å². The van der Waals surface area contributed by atoms with Crippen LogP contribution in [0.2, 0.25) is 0 Å². The van der Waals surface area contributed by atoms with Gasteiger partial charge in [-0.3, -0.25) is 4.90 Å². The van der Waals surface area contributed by atoms with Gasteiger partial charge in [0.15, 0.2) is 0 Å². The molecule has 1 saturated carbocycles. The summed E-state index contributed by atoms with van der Waals surface area (Å²) in [7, 11) is 2.19. The van der Waals surface area contributed by atoms with Crippen LogP contribution in [0.3, 0.4) is 0 Å². The molecule has 0 heterocycles. The largest absolute Gasteiger partial charge is 0.329 e. The van der Waals surface area contributed by atoms with E-state index >= 15 is 0 Å². The molecule has 1 aromatic rings. The van der Waals surface area contributed by atoms with Gasteiger partial charge in [-0.25, -0.2) is 0 Å². The Bertz CT molecular complexity index is 333. The summed E-state index contributed by atoms with van der Waals surface area (Å²) in [5.41, 5.74) is 8.56. The minimum Gasteiger partial charge on any atom is -0.329 e. The van der Waals surface area contributed by atoms with Crippen molar-refractivity contribution < 1.29 is 0 Å². The van der Waals surface area contributed by atoms with Gasteiger partial charge >= 0.3 is 0 Å². The first-order valence-corrected chi connectivity index (χ1v) is 6.16. The number of nitrogens with zero attached hydrogens (tertiary/aromatic N) is 1. The van der Waals surface area contributed by atoms with Crippen molar-refractivity contribution in [3.05, 3.63) is 35.4 Å². The van der Waals surface area contributed by atoms with Crippen LogP contribution in [0.15, 0.2) is 24.3 Å². The number of rotatable bonds is 5. The molecule has 1 aliphatic carbocycles. The first-order chi connectivity index (χ1) is 7.70. The van der Waals surface area contributed by atoms with Crippen molar-refractivity contribution in [1.29, 1.82) is 0 Å². The monoisotopic (exact) mass is 254 g/mol. The van der Waals surface area contributed by atoms with Crippen LogP contribution >= 0.6 is 12.4 Å². The minimum atomic E-state index is 0. The number of nitrogens with two attached hydrogens (primary N) is 1. The highest BCUT2D eigenvalue weighted by molar-refractivity contribution is 5.85. The van der Waals surface area contributed by atoms with Crippen LogP contribution in [-0.2, 0) is 6.54 Å². The van der Waals surface area contributed by atoms with Gasteiger partial charge in [0.1, 0.15) is 0 Å². The molecule has 0 saturated heterocycles.